The molecule has 2 heterocycles. The lowest BCUT2D eigenvalue weighted by Gasteiger charge is -2.28. The minimum Gasteiger partial charge on any atom is -0.250 e. The summed E-state index contributed by atoms with van der Waals surface area (Å²) in [6.07, 6.45) is 0. The van der Waals surface area contributed by atoms with Crippen LogP contribution in [0.4, 0.5) is 0 Å². The van der Waals surface area contributed by atoms with Gasteiger partial charge in [-0.25, -0.2) is 9.97 Å². The Labute approximate surface area is 260 Å². The number of hydrogen-bond donors (Lipinski definition) is 0. The molecule has 0 bridgehead atoms. The fraction of sp³-hybridized carbons (Fsp3) is 0.143. The summed E-state index contributed by atoms with van der Waals surface area (Å²) in [6.45, 7) is 9.07. The molecular formula is C42H36N2. The van der Waals surface area contributed by atoms with Crippen LogP contribution in [0.5, 0.6) is 0 Å². The van der Waals surface area contributed by atoms with Gasteiger partial charge >= 0.3 is 0 Å². The minimum atomic E-state index is -0.315. The van der Waals surface area contributed by atoms with Crippen molar-refractivity contribution in [2.24, 2.45) is 0 Å². The van der Waals surface area contributed by atoms with Crippen LogP contribution < -0.4 is 0 Å². The van der Waals surface area contributed by atoms with Crippen molar-refractivity contribution < 1.29 is 0 Å². The Morgan fingerprint density at radius 2 is 0.705 bits per heavy atom. The Balaban J connectivity index is 1.60. The predicted octanol–water partition coefficient (Wildman–Crippen LogP) is 10.8. The van der Waals surface area contributed by atoms with Crippen LogP contribution in [-0.4, -0.2) is 9.97 Å². The van der Waals surface area contributed by atoms with Gasteiger partial charge in [0.15, 0.2) is 0 Å². The molecule has 0 unspecified atom stereocenters. The van der Waals surface area contributed by atoms with E-state index in [0.717, 1.165) is 33.2 Å². The van der Waals surface area contributed by atoms with Gasteiger partial charge in [-0.1, -0.05) is 161 Å². The van der Waals surface area contributed by atoms with Gasteiger partial charge in [0.1, 0.15) is 0 Å². The molecule has 0 amide bonds. The molecule has 0 aliphatic carbocycles. The molecule has 5 aromatic carbocycles. The average molecular weight is 569 g/mol. The monoisotopic (exact) mass is 568 g/mol. The highest BCUT2D eigenvalue weighted by Gasteiger charge is 2.29. The summed E-state index contributed by atoms with van der Waals surface area (Å²) >= 11 is 0. The van der Waals surface area contributed by atoms with E-state index in [2.05, 4.69) is 173 Å². The second-order valence-electron chi connectivity index (χ2n) is 12.7. The SMILES string of the molecule is CC(C)(c1ccccc1)c1cc(-c2ccccc2)c2ccc3c(-c4ccccc4)cc(C(C)(C)c4ccccc4)nc3c2n1. The first-order valence-corrected chi connectivity index (χ1v) is 15.4. The maximum Gasteiger partial charge on any atom is 0.0974 e. The Bertz CT molecular complexity index is 1930. The summed E-state index contributed by atoms with van der Waals surface area (Å²) in [5.41, 5.74) is 10.5. The number of nitrogens with zero attached hydrogens (tertiary/aromatic N) is 2. The Kier molecular flexibility index (Phi) is 6.86. The Morgan fingerprint density at radius 3 is 1.05 bits per heavy atom. The van der Waals surface area contributed by atoms with Crippen molar-refractivity contribution in [3.8, 4) is 22.3 Å². The summed E-state index contributed by atoms with van der Waals surface area (Å²) in [4.78, 5) is 11.0. The summed E-state index contributed by atoms with van der Waals surface area (Å²) in [6, 6.07) is 51.8. The van der Waals surface area contributed by atoms with Crippen molar-refractivity contribution >= 4 is 21.8 Å². The third kappa shape index (κ3) is 4.77. The molecule has 0 radical (unpaired) electrons. The molecule has 2 nitrogen and oxygen atoms in total. The number of benzene rings is 5. The van der Waals surface area contributed by atoms with Crippen LogP contribution in [0.3, 0.4) is 0 Å². The van der Waals surface area contributed by atoms with Crippen LogP contribution in [0, 0.1) is 0 Å². The van der Waals surface area contributed by atoms with E-state index in [-0.39, 0.29) is 10.8 Å². The maximum atomic E-state index is 5.51. The molecule has 0 saturated carbocycles. The average Bonchev–Trinajstić information content (AvgIpc) is 3.08. The molecule has 0 saturated heterocycles. The van der Waals surface area contributed by atoms with Crippen LogP contribution in [0.2, 0.25) is 0 Å². The molecule has 0 fully saturated rings. The first-order chi connectivity index (χ1) is 21.3. The van der Waals surface area contributed by atoms with Crippen LogP contribution in [0.15, 0.2) is 146 Å². The summed E-state index contributed by atoms with van der Waals surface area (Å²) in [5.74, 6) is 0. The maximum absolute atomic E-state index is 5.51. The lowest BCUT2D eigenvalue weighted by Crippen LogP contribution is -2.21. The molecule has 0 aliphatic rings. The minimum absolute atomic E-state index is 0.315. The van der Waals surface area contributed by atoms with E-state index in [1.54, 1.807) is 0 Å². The van der Waals surface area contributed by atoms with Crippen molar-refractivity contribution in [3.05, 3.63) is 168 Å². The zero-order valence-electron chi connectivity index (χ0n) is 25.8. The van der Waals surface area contributed by atoms with E-state index in [0.29, 0.717) is 0 Å². The van der Waals surface area contributed by atoms with E-state index in [9.17, 15) is 0 Å². The smallest absolute Gasteiger partial charge is 0.0974 e. The van der Waals surface area contributed by atoms with Gasteiger partial charge < -0.3 is 0 Å². The zero-order valence-corrected chi connectivity index (χ0v) is 25.8. The van der Waals surface area contributed by atoms with Crippen LogP contribution >= 0.6 is 0 Å². The number of hydrogen-bond acceptors (Lipinski definition) is 2. The molecule has 0 N–H and O–H groups in total. The number of rotatable bonds is 6. The summed E-state index contributed by atoms with van der Waals surface area (Å²) in [7, 11) is 0. The van der Waals surface area contributed by atoms with E-state index in [1.807, 2.05) is 0 Å². The van der Waals surface area contributed by atoms with Crippen molar-refractivity contribution in [2.75, 3.05) is 0 Å². The molecule has 0 spiro atoms. The molecule has 0 atom stereocenters. The Hall–Kier alpha value is -5.08. The lowest BCUT2D eigenvalue weighted by molar-refractivity contribution is 0.618. The van der Waals surface area contributed by atoms with Gasteiger partial charge in [-0.2, -0.15) is 0 Å². The summed E-state index contributed by atoms with van der Waals surface area (Å²) < 4.78 is 0. The van der Waals surface area contributed by atoms with Gasteiger partial charge in [0.2, 0.25) is 0 Å². The quantitative estimate of drug-likeness (QED) is 0.187. The van der Waals surface area contributed by atoms with Crippen molar-refractivity contribution in [3.63, 3.8) is 0 Å². The van der Waals surface area contributed by atoms with Gasteiger partial charge in [-0.15, -0.1) is 0 Å². The lowest BCUT2D eigenvalue weighted by atomic mass is 9.79. The highest BCUT2D eigenvalue weighted by Crippen LogP contribution is 2.41. The topological polar surface area (TPSA) is 25.8 Å². The molecule has 44 heavy (non-hydrogen) atoms. The number of fused-ring (bicyclic) bond motifs is 3. The van der Waals surface area contributed by atoms with Gasteiger partial charge in [-0.05, 0) is 45.5 Å². The fourth-order valence-corrected chi connectivity index (χ4v) is 6.33. The van der Waals surface area contributed by atoms with E-state index in [1.165, 1.54) is 33.4 Å². The molecule has 214 valence electrons. The fourth-order valence-electron chi connectivity index (χ4n) is 6.33. The normalized spacial score (nSPS) is 12.1. The molecule has 2 aromatic heterocycles. The molecule has 2 heteroatoms. The summed E-state index contributed by atoms with van der Waals surface area (Å²) in [5, 5.41) is 2.22. The van der Waals surface area contributed by atoms with Crippen LogP contribution in [0.25, 0.3) is 44.1 Å². The predicted molar refractivity (Wildman–Crippen MR) is 185 cm³/mol. The highest BCUT2D eigenvalue weighted by molar-refractivity contribution is 6.12. The van der Waals surface area contributed by atoms with Gasteiger partial charge in [0.25, 0.3) is 0 Å². The molecular weight excluding hydrogens is 532 g/mol. The van der Waals surface area contributed by atoms with Crippen molar-refractivity contribution in [1.82, 2.24) is 9.97 Å². The van der Waals surface area contributed by atoms with Gasteiger partial charge in [0.05, 0.1) is 22.4 Å². The first kappa shape index (κ1) is 27.7. The van der Waals surface area contributed by atoms with E-state index >= 15 is 0 Å². The second-order valence-corrected chi connectivity index (χ2v) is 12.7. The first-order valence-electron chi connectivity index (χ1n) is 15.4. The standard InChI is InChI=1S/C42H36N2/c1-41(2,31-21-13-7-14-22-31)37-27-35(29-17-9-5-10-18-29)33-25-26-34-36(30-19-11-6-12-20-30)28-38(44-40(34)39(33)43-37)42(3,4)32-23-15-8-16-24-32/h5-28H,1-4H3. The number of pyridine rings is 2. The van der Waals surface area contributed by atoms with Gasteiger partial charge in [-0.3, -0.25) is 0 Å². The van der Waals surface area contributed by atoms with E-state index in [4.69, 9.17) is 9.97 Å². The third-order valence-corrected chi connectivity index (χ3v) is 9.20. The molecule has 7 aromatic rings. The van der Waals surface area contributed by atoms with Crippen LogP contribution in [0.1, 0.15) is 50.2 Å². The largest absolute Gasteiger partial charge is 0.250 e. The molecule has 0 aliphatic heterocycles. The van der Waals surface area contributed by atoms with Crippen molar-refractivity contribution in [2.45, 2.75) is 38.5 Å². The van der Waals surface area contributed by atoms with E-state index < -0.39 is 0 Å². The van der Waals surface area contributed by atoms with Gasteiger partial charge in [0, 0.05) is 21.6 Å². The second kappa shape index (κ2) is 10.9. The highest BCUT2D eigenvalue weighted by atomic mass is 14.8. The Morgan fingerprint density at radius 1 is 0.386 bits per heavy atom. The third-order valence-electron chi connectivity index (χ3n) is 9.20. The zero-order chi connectivity index (χ0) is 30.3. The number of aromatic nitrogens is 2. The van der Waals surface area contributed by atoms with Crippen molar-refractivity contribution in [1.29, 1.82) is 0 Å². The van der Waals surface area contributed by atoms with Crippen LogP contribution in [-0.2, 0) is 10.8 Å². The molecule has 7 rings (SSSR count).